The highest BCUT2D eigenvalue weighted by Gasteiger charge is 2.18. The topological polar surface area (TPSA) is 38.0 Å². The van der Waals surface area contributed by atoms with Gasteiger partial charge in [0.1, 0.15) is 0 Å². The van der Waals surface area contributed by atoms with Gasteiger partial charge in [-0.05, 0) is 19.3 Å². The van der Waals surface area contributed by atoms with E-state index in [0.717, 1.165) is 13.0 Å². The zero-order valence-corrected chi connectivity index (χ0v) is 8.69. The normalized spacial score (nSPS) is 33.2. The molecule has 0 aliphatic heterocycles. The summed E-state index contributed by atoms with van der Waals surface area (Å²) in [6.45, 7) is 3.11. The molecule has 0 saturated heterocycles. The number of nitrogens with one attached hydrogen (secondary N) is 1. The van der Waals surface area contributed by atoms with Gasteiger partial charge in [-0.1, -0.05) is 13.3 Å². The minimum Gasteiger partial charge on any atom is -0.328 e. The van der Waals surface area contributed by atoms with Crippen LogP contribution in [0.3, 0.4) is 0 Å². The Hall–Kier alpha value is 0.270. The van der Waals surface area contributed by atoms with Crippen molar-refractivity contribution >= 4 is 12.6 Å². The molecule has 0 amide bonds. The smallest absolute Gasteiger partial charge is 0.0114 e. The van der Waals surface area contributed by atoms with Gasteiger partial charge in [-0.15, -0.1) is 0 Å². The van der Waals surface area contributed by atoms with Gasteiger partial charge in [0, 0.05) is 23.9 Å². The summed E-state index contributed by atoms with van der Waals surface area (Å²) in [4.78, 5) is 0. The van der Waals surface area contributed by atoms with Crippen LogP contribution in [0.2, 0.25) is 0 Å². The van der Waals surface area contributed by atoms with E-state index in [1.165, 1.54) is 19.3 Å². The molecule has 0 spiro atoms. The van der Waals surface area contributed by atoms with E-state index in [2.05, 4.69) is 24.9 Å². The average molecular weight is 188 g/mol. The highest BCUT2D eigenvalue weighted by atomic mass is 32.1. The van der Waals surface area contributed by atoms with E-state index in [0.29, 0.717) is 17.3 Å². The maximum absolute atomic E-state index is 5.87. The molecule has 0 radical (unpaired) electrons. The molecule has 0 aromatic rings. The summed E-state index contributed by atoms with van der Waals surface area (Å²) in [5.74, 6) is 0. The first-order valence-electron chi connectivity index (χ1n) is 4.85. The Morgan fingerprint density at radius 1 is 1.58 bits per heavy atom. The summed E-state index contributed by atoms with van der Waals surface area (Å²) in [6.07, 6.45) is 4.91. The van der Waals surface area contributed by atoms with Crippen LogP contribution in [-0.4, -0.2) is 23.9 Å². The van der Waals surface area contributed by atoms with Crippen molar-refractivity contribution in [1.29, 1.82) is 0 Å². The van der Waals surface area contributed by atoms with Gasteiger partial charge in [0.15, 0.2) is 0 Å². The van der Waals surface area contributed by atoms with Gasteiger partial charge in [0.2, 0.25) is 0 Å². The van der Waals surface area contributed by atoms with Gasteiger partial charge >= 0.3 is 0 Å². The molecule has 3 heteroatoms. The first-order valence-corrected chi connectivity index (χ1v) is 5.37. The maximum Gasteiger partial charge on any atom is 0.0114 e. The van der Waals surface area contributed by atoms with Crippen molar-refractivity contribution in [2.75, 3.05) is 6.54 Å². The summed E-state index contributed by atoms with van der Waals surface area (Å²) in [5.41, 5.74) is 5.87. The number of hydrogen-bond donors (Lipinski definition) is 3. The molecule has 1 fully saturated rings. The van der Waals surface area contributed by atoms with Crippen LogP contribution in [0.15, 0.2) is 0 Å². The van der Waals surface area contributed by atoms with Crippen LogP contribution in [0.5, 0.6) is 0 Å². The largest absolute Gasteiger partial charge is 0.328 e. The predicted molar refractivity (Wildman–Crippen MR) is 56.7 cm³/mol. The lowest BCUT2D eigenvalue weighted by Gasteiger charge is -2.27. The molecule has 0 aromatic carbocycles. The summed E-state index contributed by atoms with van der Waals surface area (Å²) in [5, 5.41) is 3.94. The monoisotopic (exact) mass is 188 g/mol. The van der Waals surface area contributed by atoms with Crippen molar-refractivity contribution in [2.45, 2.75) is 49.9 Å². The van der Waals surface area contributed by atoms with Crippen LogP contribution < -0.4 is 11.1 Å². The lowest BCUT2D eigenvalue weighted by Crippen LogP contribution is -2.41. The van der Waals surface area contributed by atoms with Crippen molar-refractivity contribution in [3.63, 3.8) is 0 Å². The van der Waals surface area contributed by atoms with Gasteiger partial charge < -0.3 is 11.1 Å². The van der Waals surface area contributed by atoms with Crippen molar-refractivity contribution in [2.24, 2.45) is 5.73 Å². The average Bonchev–Trinajstić information content (AvgIpc) is 2.01. The van der Waals surface area contributed by atoms with Gasteiger partial charge in [0.25, 0.3) is 0 Å². The number of rotatable bonds is 3. The summed E-state index contributed by atoms with van der Waals surface area (Å²) >= 11 is 4.33. The molecule has 1 aliphatic carbocycles. The zero-order valence-electron chi connectivity index (χ0n) is 7.79. The fourth-order valence-electron chi connectivity index (χ4n) is 1.75. The molecule has 1 saturated carbocycles. The van der Waals surface area contributed by atoms with Crippen molar-refractivity contribution < 1.29 is 0 Å². The van der Waals surface area contributed by atoms with E-state index in [1.807, 2.05) is 0 Å². The number of hydrogen-bond acceptors (Lipinski definition) is 3. The Labute approximate surface area is 80.7 Å². The Balaban J connectivity index is 2.14. The van der Waals surface area contributed by atoms with Gasteiger partial charge in [-0.2, -0.15) is 12.6 Å². The molecule has 0 heterocycles. The lowest BCUT2D eigenvalue weighted by molar-refractivity contribution is 0.341. The fourth-order valence-corrected chi connectivity index (χ4v) is 1.86. The predicted octanol–water partition coefficient (Wildman–Crippen LogP) is 1.16. The SMILES string of the molecule is CC(S)CNC1CCCC(N)C1. The van der Waals surface area contributed by atoms with Crippen LogP contribution >= 0.6 is 12.6 Å². The summed E-state index contributed by atoms with van der Waals surface area (Å²) < 4.78 is 0. The van der Waals surface area contributed by atoms with Crippen molar-refractivity contribution in [3.8, 4) is 0 Å². The van der Waals surface area contributed by atoms with Crippen molar-refractivity contribution in [1.82, 2.24) is 5.32 Å². The molecule has 3 atom stereocenters. The highest BCUT2D eigenvalue weighted by Crippen LogP contribution is 2.16. The van der Waals surface area contributed by atoms with Crippen LogP contribution in [0.1, 0.15) is 32.6 Å². The molecule has 0 aromatic heterocycles. The fraction of sp³-hybridized carbons (Fsp3) is 1.00. The summed E-state index contributed by atoms with van der Waals surface area (Å²) in [6, 6.07) is 1.06. The Morgan fingerprint density at radius 3 is 2.92 bits per heavy atom. The van der Waals surface area contributed by atoms with E-state index >= 15 is 0 Å². The van der Waals surface area contributed by atoms with E-state index in [1.54, 1.807) is 0 Å². The molecule has 0 bridgehead atoms. The van der Waals surface area contributed by atoms with Crippen LogP contribution in [0.4, 0.5) is 0 Å². The second-order valence-corrected chi connectivity index (χ2v) is 4.76. The molecule has 12 heavy (non-hydrogen) atoms. The third-order valence-corrected chi connectivity index (χ3v) is 2.60. The van der Waals surface area contributed by atoms with E-state index < -0.39 is 0 Å². The Kier molecular flexibility index (Phi) is 4.40. The quantitative estimate of drug-likeness (QED) is 0.582. The second kappa shape index (κ2) is 5.10. The molecule has 2 nitrogen and oxygen atoms in total. The molecule has 72 valence electrons. The molecule has 3 N–H and O–H groups in total. The first-order chi connectivity index (χ1) is 5.68. The van der Waals surface area contributed by atoms with Crippen molar-refractivity contribution in [3.05, 3.63) is 0 Å². The molecule has 1 rings (SSSR count). The number of thiol groups is 1. The van der Waals surface area contributed by atoms with E-state index in [4.69, 9.17) is 5.73 Å². The Morgan fingerprint density at radius 2 is 2.33 bits per heavy atom. The molecular weight excluding hydrogens is 168 g/mol. The van der Waals surface area contributed by atoms with Gasteiger partial charge in [-0.3, -0.25) is 0 Å². The summed E-state index contributed by atoms with van der Waals surface area (Å²) in [7, 11) is 0. The minimum absolute atomic E-state index is 0.423. The third kappa shape index (κ3) is 3.78. The van der Waals surface area contributed by atoms with E-state index in [9.17, 15) is 0 Å². The lowest BCUT2D eigenvalue weighted by atomic mass is 9.91. The minimum atomic E-state index is 0.423. The molecular formula is C9H20N2S. The zero-order chi connectivity index (χ0) is 8.97. The highest BCUT2D eigenvalue weighted by molar-refractivity contribution is 7.80. The Bertz CT molecular complexity index is 128. The standard InChI is InChI=1S/C9H20N2S/c1-7(12)6-11-9-4-2-3-8(10)5-9/h7-9,11-12H,2-6,10H2,1H3. The van der Waals surface area contributed by atoms with Crippen LogP contribution in [0.25, 0.3) is 0 Å². The molecule has 1 aliphatic rings. The molecule has 3 unspecified atom stereocenters. The third-order valence-electron chi connectivity index (χ3n) is 2.42. The van der Waals surface area contributed by atoms with Gasteiger partial charge in [-0.25, -0.2) is 0 Å². The van der Waals surface area contributed by atoms with Gasteiger partial charge in [0.05, 0.1) is 0 Å². The first kappa shape index (κ1) is 10.4. The maximum atomic E-state index is 5.87. The number of nitrogens with two attached hydrogens (primary N) is 1. The van der Waals surface area contributed by atoms with Crippen LogP contribution in [0, 0.1) is 0 Å². The van der Waals surface area contributed by atoms with Crippen LogP contribution in [-0.2, 0) is 0 Å². The second-order valence-electron chi connectivity index (χ2n) is 3.88. The van der Waals surface area contributed by atoms with E-state index in [-0.39, 0.29) is 0 Å².